The number of nitrogens with zero attached hydrogens (tertiary/aromatic N) is 1. The second-order valence-corrected chi connectivity index (χ2v) is 7.62. The Hall–Kier alpha value is -0.410. The summed E-state index contributed by atoms with van der Waals surface area (Å²) < 4.78 is 0. The summed E-state index contributed by atoms with van der Waals surface area (Å²) in [5, 5.41) is 3.32. The molecule has 1 aromatic rings. The maximum Gasteiger partial charge on any atom is 0.0971 e. The largest absolute Gasteiger partial charge is 0.330 e. The summed E-state index contributed by atoms with van der Waals surface area (Å²) >= 11 is 1.76. The lowest BCUT2D eigenvalue weighted by molar-refractivity contribution is 0.140. The highest BCUT2D eigenvalue weighted by Gasteiger charge is 2.33. The number of thiazole rings is 1. The van der Waals surface area contributed by atoms with E-state index in [0.29, 0.717) is 11.3 Å². The average Bonchev–Trinajstić information content (AvgIpc) is 2.83. The highest BCUT2D eigenvalue weighted by molar-refractivity contribution is 7.09. The first-order valence-corrected chi connectivity index (χ1v) is 7.99. The molecule has 0 bridgehead atoms. The lowest BCUT2D eigenvalue weighted by Crippen LogP contribution is -2.30. The molecule has 0 aromatic carbocycles. The van der Waals surface area contributed by atoms with Crippen LogP contribution < -0.4 is 5.73 Å². The third-order valence-corrected chi connectivity index (χ3v) is 5.50. The first-order chi connectivity index (χ1) is 8.52. The lowest BCUT2D eigenvalue weighted by atomic mass is 9.67. The zero-order valence-corrected chi connectivity index (χ0v) is 12.7. The molecule has 2 rings (SSSR count). The highest BCUT2D eigenvalue weighted by Crippen LogP contribution is 2.44. The number of hydrogen-bond donors (Lipinski definition) is 1. The van der Waals surface area contributed by atoms with Crippen molar-refractivity contribution in [1.82, 2.24) is 4.98 Å². The van der Waals surface area contributed by atoms with E-state index < -0.39 is 0 Å². The summed E-state index contributed by atoms with van der Waals surface area (Å²) in [6.07, 6.45) is 7.27. The zero-order valence-electron chi connectivity index (χ0n) is 11.9. The SMILES string of the molecule is CC(C)(C)C1CCC(C(CN)c2nccs2)CC1. The van der Waals surface area contributed by atoms with Gasteiger partial charge in [0, 0.05) is 24.0 Å². The number of hydrogen-bond acceptors (Lipinski definition) is 3. The third-order valence-electron chi connectivity index (χ3n) is 4.59. The lowest BCUT2D eigenvalue weighted by Gasteiger charge is -2.38. The van der Waals surface area contributed by atoms with Crippen LogP contribution in [0.3, 0.4) is 0 Å². The van der Waals surface area contributed by atoms with Crippen molar-refractivity contribution in [3.05, 3.63) is 16.6 Å². The van der Waals surface area contributed by atoms with E-state index in [4.69, 9.17) is 5.73 Å². The molecule has 0 spiro atoms. The molecule has 102 valence electrons. The number of nitrogens with two attached hydrogens (primary N) is 1. The van der Waals surface area contributed by atoms with Crippen LogP contribution in [0.25, 0.3) is 0 Å². The van der Waals surface area contributed by atoms with Crippen molar-refractivity contribution in [2.45, 2.75) is 52.4 Å². The van der Waals surface area contributed by atoms with Gasteiger partial charge >= 0.3 is 0 Å². The molecule has 3 heteroatoms. The van der Waals surface area contributed by atoms with Crippen LogP contribution in [0.1, 0.15) is 57.4 Å². The fourth-order valence-corrected chi connectivity index (χ4v) is 4.15. The van der Waals surface area contributed by atoms with Crippen molar-refractivity contribution >= 4 is 11.3 Å². The predicted molar refractivity (Wildman–Crippen MR) is 78.8 cm³/mol. The van der Waals surface area contributed by atoms with E-state index in [1.807, 2.05) is 6.20 Å². The van der Waals surface area contributed by atoms with Gasteiger partial charge in [-0.1, -0.05) is 20.8 Å². The summed E-state index contributed by atoms with van der Waals surface area (Å²) in [6.45, 7) is 7.87. The summed E-state index contributed by atoms with van der Waals surface area (Å²) in [5.74, 6) is 2.12. The Kier molecular flexibility index (Phi) is 4.44. The van der Waals surface area contributed by atoms with E-state index in [1.54, 1.807) is 11.3 Å². The summed E-state index contributed by atoms with van der Waals surface area (Å²) in [7, 11) is 0. The molecule has 1 unspecified atom stereocenters. The topological polar surface area (TPSA) is 38.9 Å². The van der Waals surface area contributed by atoms with Gasteiger partial charge in [-0.25, -0.2) is 4.98 Å². The minimum Gasteiger partial charge on any atom is -0.330 e. The molecule has 0 saturated heterocycles. The van der Waals surface area contributed by atoms with Gasteiger partial charge in [0.25, 0.3) is 0 Å². The van der Waals surface area contributed by atoms with Crippen molar-refractivity contribution in [2.75, 3.05) is 6.54 Å². The highest BCUT2D eigenvalue weighted by atomic mass is 32.1. The van der Waals surface area contributed by atoms with Gasteiger partial charge in [0.2, 0.25) is 0 Å². The normalized spacial score (nSPS) is 27.1. The molecule has 2 N–H and O–H groups in total. The molecule has 2 nitrogen and oxygen atoms in total. The molecule has 0 amide bonds. The molecule has 1 atom stereocenters. The Bertz CT molecular complexity index is 345. The predicted octanol–water partition coefficient (Wildman–Crippen LogP) is 4.04. The van der Waals surface area contributed by atoms with Crippen molar-refractivity contribution in [2.24, 2.45) is 23.0 Å². The van der Waals surface area contributed by atoms with Crippen LogP contribution in [0.4, 0.5) is 0 Å². The monoisotopic (exact) mass is 266 g/mol. The van der Waals surface area contributed by atoms with E-state index in [-0.39, 0.29) is 0 Å². The van der Waals surface area contributed by atoms with E-state index in [1.165, 1.54) is 30.7 Å². The van der Waals surface area contributed by atoms with Gasteiger partial charge in [0.1, 0.15) is 0 Å². The second kappa shape index (κ2) is 5.70. The first kappa shape index (κ1) is 14.0. The summed E-state index contributed by atoms with van der Waals surface area (Å²) in [4.78, 5) is 4.47. The summed E-state index contributed by atoms with van der Waals surface area (Å²) in [6, 6.07) is 0. The van der Waals surface area contributed by atoms with Crippen LogP contribution in [0.15, 0.2) is 11.6 Å². The van der Waals surface area contributed by atoms with Crippen molar-refractivity contribution < 1.29 is 0 Å². The smallest absolute Gasteiger partial charge is 0.0971 e. The summed E-state index contributed by atoms with van der Waals surface area (Å²) in [5.41, 5.74) is 6.44. The average molecular weight is 266 g/mol. The van der Waals surface area contributed by atoms with Gasteiger partial charge in [-0.2, -0.15) is 0 Å². The molecule has 1 heterocycles. The van der Waals surface area contributed by atoms with Crippen LogP contribution in [0.5, 0.6) is 0 Å². The third kappa shape index (κ3) is 3.12. The molecular weight excluding hydrogens is 240 g/mol. The quantitative estimate of drug-likeness (QED) is 0.897. The molecule has 1 aliphatic rings. The fraction of sp³-hybridized carbons (Fsp3) is 0.800. The molecule has 0 aliphatic heterocycles. The Morgan fingerprint density at radius 3 is 2.44 bits per heavy atom. The van der Waals surface area contributed by atoms with Gasteiger partial charge in [0.05, 0.1) is 5.01 Å². The van der Waals surface area contributed by atoms with Crippen LogP contribution >= 0.6 is 11.3 Å². The number of rotatable bonds is 3. The van der Waals surface area contributed by atoms with E-state index in [0.717, 1.165) is 18.4 Å². The van der Waals surface area contributed by atoms with E-state index in [9.17, 15) is 0 Å². The van der Waals surface area contributed by atoms with Crippen LogP contribution in [-0.4, -0.2) is 11.5 Å². The van der Waals surface area contributed by atoms with Crippen molar-refractivity contribution in [1.29, 1.82) is 0 Å². The molecule has 18 heavy (non-hydrogen) atoms. The van der Waals surface area contributed by atoms with Crippen LogP contribution in [0.2, 0.25) is 0 Å². The Morgan fingerprint density at radius 1 is 1.33 bits per heavy atom. The fourth-order valence-electron chi connectivity index (χ4n) is 3.30. The van der Waals surface area contributed by atoms with Gasteiger partial charge in [-0.3, -0.25) is 0 Å². The van der Waals surface area contributed by atoms with Gasteiger partial charge in [0.15, 0.2) is 0 Å². The van der Waals surface area contributed by atoms with Crippen LogP contribution in [-0.2, 0) is 0 Å². The van der Waals surface area contributed by atoms with Crippen molar-refractivity contribution in [3.8, 4) is 0 Å². The Labute approximate surface area is 115 Å². The van der Waals surface area contributed by atoms with E-state index in [2.05, 4.69) is 31.1 Å². The first-order valence-electron chi connectivity index (χ1n) is 7.12. The minimum atomic E-state index is 0.463. The van der Waals surface area contributed by atoms with Crippen molar-refractivity contribution in [3.63, 3.8) is 0 Å². The Balaban J connectivity index is 1.96. The van der Waals surface area contributed by atoms with Gasteiger partial charge in [-0.05, 0) is 42.9 Å². The van der Waals surface area contributed by atoms with Crippen LogP contribution in [0, 0.1) is 17.3 Å². The zero-order chi connectivity index (χ0) is 13.2. The van der Waals surface area contributed by atoms with Gasteiger partial charge < -0.3 is 5.73 Å². The maximum absolute atomic E-state index is 5.98. The molecule has 1 saturated carbocycles. The molecule has 1 aromatic heterocycles. The molecule has 1 aliphatic carbocycles. The molecule has 0 radical (unpaired) electrons. The standard InChI is InChI=1S/C15H26N2S/c1-15(2,3)12-6-4-11(5-7-12)13(10-16)14-17-8-9-18-14/h8-9,11-13H,4-7,10,16H2,1-3H3. The minimum absolute atomic E-state index is 0.463. The second-order valence-electron chi connectivity index (χ2n) is 6.69. The Morgan fingerprint density at radius 2 is 2.00 bits per heavy atom. The van der Waals surface area contributed by atoms with Gasteiger partial charge in [-0.15, -0.1) is 11.3 Å². The molecule has 1 fully saturated rings. The number of aromatic nitrogens is 1. The van der Waals surface area contributed by atoms with E-state index >= 15 is 0 Å². The maximum atomic E-state index is 5.98. The molecular formula is C15H26N2S.